The van der Waals surface area contributed by atoms with Crippen molar-refractivity contribution in [3.63, 3.8) is 0 Å². The number of rotatable bonds is 0. The van der Waals surface area contributed by atoms with Crippen molar-refractivity contribution in [2.24, 2.45) is 0 Å². The lowest BCUT2D eigenvalue weighted by atomic mass is 10.2. The number of fused-ring (bicyclic) bond motifs is 1. The number of imidazole rings is 1. The van der Waals surface area contributed by atoms with Crippen LogP contribution in [0, 0.1) is 0 Å². The molecular formula is C11H15Br2N3O2. The topological polar surface area (TPSA) is 47.4 Å². The van der Waals surface area contributed by atoms with Crippen molar-refractivity contribution in [1.29, 1.82) is 0 Å². The summed E-state index contributed by atoms with van der Waals surface area (Å²) in [5.74, 6) is 0.853. The van der Waals surface area contributed by atoms with E-state index >= 15 is 0 Å². The number of carbonyl (C=O) groups is 1. The Bertz CT molecular complexity index is 479. The molecule has 5 nitrogen and oxygen atoms in total. The minimum atomic E-state index is -0.467. The summed E-state index contributed by atoms with van der Waals surface area (Å²) in [4.78, 5) is 18.0. The van der Waals surface area contributed by atoms with Gasteiger partial charge in [-0.1, -0.05) is 0 Å². The zero-order valence-corrected chi connectivity index (χ0v) is 13.7. The third kappa shape index (κ3) is 2.88. The van der Waals surface area contributed by atoms with E-state index in [4.69, 9.17) is 4.74 Å². The summed E-state index contributed by atoms with van der Waals surface area (Å²) in [6, 6.07) is 0. The van der Waals surface area contributed by atoms with Crippen LogP contribution >= 0.6 is 31.9 Å². The smallest absolute Gasteiger partial charge is 0.410 e. The lowest BCUT2D eigenvalue weighted by molar-refractivity contribution is 0.0194. The normalized spacial score (nSPS) is 15.5. The third-order valence-electron chi connectivity index (χ3n) is 2.52. The van der Waals surface area contributed by atoms with E-state index in [9.17, 15) is 4.79 Å². The highest BCUT2D eigenvalue weighted by Crippen LogP contribution is 2.27. The first-order valence-electron chi connectivity index (χ1n) is 5.66. The first kappa shape index (κ1) is 13.9. The van der Waals surface area contributed by atoms with Gasteiger partial charge in [-0.2, -0.15) is 0 Å². The van der Waals surface area contributed by atoms with E-state index in [2.05, 4.69) is 36.8 Å². The van der Waals surface area contributed by atoms with Crippen LogP contribution in [0.3, 0.4) is 0 Å². The Morgan fingerprint density at radius 1 is 1.33 bits per heavy atom. The van der Waals surface area contributed by atoms with E-state index in [0.717, 1.165) is 15.0 Å². The molecular weight excluding hydrogens is 366 g/mol. The Labute approximate surface area is 123 Å². The molecule has 18 heavy (non-hydrogen) atoms. The zero-order valence-electron chi connectivity index (χ0n) is 10.5. The standard InChI is InChI=1S/C11H15Br2N3O2/c1-11(2,3)18-10(17)15-4-5-16-7(6-15)14-8(12)9(16)13/h4-6H2,1-3H3. The molecule has 0 spiro atoms. The van der Waals surface area contributed by atoms with Gasteiger partial charge in [0.05, 0.1) is 6.54 Å². The predicted molar refractivity (Wildman–Crippen MR) is 74.3 cm³/mol. The van der Waals surface area contributed by atoms with E-state index in [-0.39, 0.29) is 6.09 Å². The van der Waals surface area contributed by atoms with Crippen molar-refractivity contribution in [1.82, 2.24) is 14.5 Å². The fourth-order valence-electron chi connectivity index (χ4n) is 1.75. The van der Waals surface area contributed by atoms with Crippen LogP contribution in [-0.4, -0.2) is 32.7 Å². The van der Waals surface area contributed by atoms with Crippen molar-refractivity contribution in [3.05, 3.63) is 15.0 Å². The molecule has 1 aliphatic rings. The number of carbonyl (C=O) groups excluding carboxylic acids is 1. The zero-order chi connectivity index (χ0) is 13.5. The van der Waals surface area contributed by atoms with Gasteiger partial charge in [0.1, 0.15) is 20.6 Å². The molecule has 1 aliphatic heterocycles. The molecule has 0 atom stereocenters. The monoisotopic (exact) mass is 379 g/mol. The van der Waals surface area contributed by atoms with E-state index in [1.807, 2.05) is 25.3 Å². The van der Waals surface area contributed by atoms with Crippen LogP contribution in [0.4, 0.5) is 4.79 Å². The van der Waals surface area contributed by atoms with Gasteiger partial charge in [-0.15, -0.1) is 0 Å². The van der Waals surface area contributed by atoms with Crippen molar-refractivity contribution in [2.45, 2.75) is 39.5 Å². The summed E-state index contributed by atoms with van der Waals surface area (Å²) >= 11 is 6.83. The summed E-state index contributed by atoms with van der Waals surface area (Å²) in [5.41, 5.74) is -0.467. The maximum atomic E-state index is 12.0. The van der Waals surface area contributed by atoms with Crippen LogP contribution in [-0.2, 0) is 17.8 Å². The summed E-state index contributed by atoms with van der Waals surface area (Å²) in [6.07, 6.45) is -0.288. The van der Waals surface area contributed by atoms with Crippen LogP contribution in [0.15, 0.2) is 9.21 Å². The Balaban J connectivity index is 2.10. The SMILES string of the molecule is CC(C)(C)OC(=O)N1CCn2c(nc(Br)c2Br)C1. The molecule has 0 N–H and O–H groups in total. The van der Waals surface area contributed by atoms with Gasteiger partial charge in [0.25, 0.3) is 0 Å². The highest BCUT2D eigenvalue weighted by molar-refractivity contribution is 9.13. The molecule has 0 aliphatic carbocycles. The fourth-order valence-corrected chi connectivity index (χ4v) is 2.63. The lowest BCUT2D eigenvalue weighted by Crippen LogP contribution is -2.41. The Morgan fingerprint density at radius 3 is 2.61 bits per heavy atom. The second-order valence-electron chi connectivity index (χ2n) is 5.16. The van der Waals surface area contributed by atoms with Gasteiger partial charge in [0.2, 0.25) is 0 Å². The second kappa shape index (κ2) is 4.85. The molecule has 0 aromatic carbocycles. The largest absolute Gasteiger partial charge is 0.444 e. The molecule has 0 radical (unpaired) electrons. The molecule has 0 unspecified atom stereocenters. The number of hydrogen-bond acceptors (Lipinski definition) is 3. The second-order valence-corrected chi connectivity index (χ2v) is 6.67. The van der Waals surface area contributed by atoms with Gasteiger partial charge in [-0.05, 0) is 52.6 Å². The molecule has 0 fully saturated rings. The van der Waals surface area contributed by atoms with E-state index in [0.29, 0.717) is 19.6 Å². The quantitative estimate of drug-likeness (QED) is 0.694. The minimum Gasteiger partial charge on any atom is -0.444 e. The summed E-state index contributed by atoms with van der Waals surface area (Å²) in [5, 5.41) is 0. The predicted octanol–water partition coefficient (Wildman–Crippen LogP) is 3.16. The van der Waals surface area contributed by atoms with Crippen LogP contribution in [0.25, 0.3) is 0 Å². The molecule has 2 rings (SSSR count). The molecule has 7 heteroatoms. The van der Waals surface area contributed by atoms with Crippen molar-refractivity contribution >= 4 is 38.0 Å². The minimum absolute atomic E-state index is 0.288. The van der Waals surface area contributed by atoms with Crippen molar-refractivity contribution < 1.29 is 9.53 Å². The van der Waals surface area contributed by atoms with Crippen LogP contribution in [0.2, 0.25) is 0 Å². The molecule has 0 bridgehead atoms. The molecule has 2 heterocycles. The summed E-state index contributed by atoms with van der Waals surface area (Å²) in [7, 11) is 0. The molecule has 0 saturated heterocycles. The van der Waals surface area contributed by atoms with E-state index in [1.165, 1.54) is 0 Å². The molecule has 1 aromatic rings. The fraction of sp³-hybridized carbons (Fsp3) is 0.636. The van der Waals surface area contributed by atoms with Crippen LogP contribution in [0.5, 0.6) is 0 Å². The Hall–Kier alpha value is -0.560. The lowest BCUT2D eigenvalue weighted by Gasteiger charge is -2.30. The Kier molecular flexibility index (Phi) is 3.73. The molecule has 0 saturated carbocycles. The number of hydrogen-bond donors (Lipinski definition) is 0. The number of ether oxygens (including phenoxy) is 1. The average molecular weight is 381 g/mol. The van der Waals surface area contributed by atoms with Gasteiger partial charge in [-0.25, -0.2) is 9.78 Å². The average Bonchev–Trinajstić information content (AvgIpc) is 2.52. The first-order valence-corrected chi connectivity index (χ1v) is 7.25. The van der Waals surface area contributed by atoms with Gasteiger partial charge >= 0.3 is 6.09 Å². The van der Waals surface area contributed by atoms with Gasteiger partial charge in [0.15, 0.2) is 0 Å². The van der Waals surface area contributed by atoms with Crippen LogP contribution in [0.1, 0.15) is 26.6 Å². The van der Waals surface area contributed by atoms with Gasteiger partial charge in [0, 0.05) is 13.1 Å². The maximum absolute atomic E-state index is 12.0. The highest BCUT2D eigenvalue weighted by Gasteiger charge is 2.28. The Morgan fingerprint density at radius 2 is 2.00 bits per heavy atom. The number of nitrogens with zero attached hydrogens (tertiary/aromatic N) is 3. The molecule has 1 aromatic heterocycles. The van der Waals surface area contributed by atoms with E-state index < -0.39 is 5.60 Å². The first-order chi connectivity index (χ1) is 8.28. The van der Waals surface area contributed by atoms with Crippen molar-refractivity contribution in [2.75, 3.05) is 6.54 Å². The summed E-state index contributed by atoms with van der Waals surface area (Å²) < 4.78 is 9.09. The number of amides is 1. The third-order valence-corrected chi connectivity index (χ3v) is 4.41. The summed E-state index contributed by atoms with van der Waals surface area (Å²) in [6.45, 7) is 7.41. The number of halogens is 2. The number of aromatic nitrogens is 2. The van der Waals surface area contributed by atoms with Gasteiger partial charge < -0.3 is 9.30 Å². The van der Waals surface area contributed by atoms with Crippen LogP contribution < -0.4 is 0 Å². The van der Waals surface area contributed by atoms with Gasteiger partial charge in [-0.3, -0.25) is 4.90 Å². The molecule has 1 amide bonds. The maximum Gasteiger partial charge on any atom is 0.410 e. The highest BCUT2D eigenvalue weighted by atomic mass is 79.9. The molecule has 100 valence electrons. The van der Waals surface area contributed by atoms with Crippen molar-refractivity contribution in [3.8, 4) is 0 Å². The van der Waals surface area contributed by atoms with E-state index in [1.54, 1.807) is 4.90 Å².